The molecule has 1 aliphatic heterocycles. The van der Waals surface area contributed by atoms with Gasteiger partial charge in [0.15, 0.2) is 15.4 Å². The number of hydrogen-bond acceptors (Lipinski definition) is 4. The molecular formula is C13H16F3NO3S. The Labute approximate surface area is 121 Å². The molecule has 118 valence electrons. The molecule has 0 amide bonds. The van der Waals surface area contributed by atoms with Crippen molar-refractivity contribution in [2.24, 2.45) is 0 Å². The fourth-order valence-corrected chi connectivity index (χ4v) is 3.81. The first kappa shape index (κ1) is 16.3. The zero-order valence-corrected chi connectivity index (χ0v) is 12.2. The monoisotopic (exact) mass is 323 g/mol. The summed E-state index contributed by atoms with van der Waals surface area (Å²) in [5, 5.41) is 9.56. The molecule has 0 bridgehead atoms. The van der Waals surface area contributed by atoms with Crippen LogP contribution < -0.4 is 0 Å². The van der Waals surface area contributed by atoms with E-state index in [1.807, 2.05) is 0 Å². The lowest BCUT2D eigenvalue weighted by Crippen LogP contribution is -2.51. The molecule has 1 unspecified atom stereocenters. The van der Waals surface area contributed by atoms with Gasteiger partial charge in [-0.25, -0.2) is 8.42 Å². The summed E-state index contributed by atoms with van der Waals surface area (Å²) in [7, 11) is -3.51. The number of benzene rings is 1. The van der Waals surface area contributed by atoms with Crippen LogP contribution in [0.2, 0.25) is 0 Å². The lowest BCUT2D eigenvalue weighted by atomic mass is 10.1. The van der Waals surface area contributed by atoms with E-state index in [1.165, 1.54) is 11.0 Å². The fourth-order valence-electron chi connectivity index (χ4n) is 2.28. The van der Waals surface area contributed by atoms with E-state index in [9.17, 15) is 26.7 Å². The lowest BCUT2D eigenvalue weighted by Gasteiger charge is -2.32. The van der Waals surface area contributed by atoms with E-state index in [2.05, 4.69) is 0 Å². The van der Waals surface area contributed by atoms with E-state index < -0.39 is 28.2 Å². The maximum absolute atomic E-state index is 12.7. The Bertz CT molecular complexity index is 626. The molecular weight excluding hydrogens is 307 g/mol. The maximum atomic E-state index is 12.7. The van der Waals surface area contributed by atoms with Crippen molar-refractivity contribution >= 4 is 9.84 Å². The molecule has 8 heteroatoms. The first-order valence-corrected chi connectivity index (χ1v) is 8.00. The summed E-state index contributed by atoms with van der Waals surface area (Å²) in [5.74, 6) is -0.266. The lowest BCUT2D eigenvalue weighted by molar-refractivity contribution is -0.257. The number of sulfone groups is 1. The number of halogens is 3. The molecule has 0 aliphatic carbocycles. The Morgan fingerprint density at radius 1 is 1.29 bits per heavy atom. The smallest absolute Gasteiger partial charge is 0.380 e. The average Bonchev–Trinajstić information content (AvgIpc) is 2.46. The first-order chi connectivity index (χ1) is 9.53. The minimum Gasteiger partial charge on any atom is -0.380 e. The van der Waals surface area contributed by atoms with Gasteiger partial charge in [0.25, 0.3) is 0 Å². The zero-order valence-electron chi connectivity index (χ0n) is 11.4. The number of β-amino-alcohol motifs (C(OH)–C–C–N with tert-alkyl or cyclic N) is 1. The van der Waals surface area contributed by atoms with E-state index in [1.54, 1.807) is 18.2 Å². The van der Waals surface area contributed by atoms with Crippen LogP contribution in [-0.2, 0) is 16.4 Å². The van der Waals surface area contributed by atoms with Gasteiger partial charge in [-0.1, -0.05) is 18.2 Å². The van der Waals surface area contributed by atoms with Crippen molar-refractivity contribution in [3.63, 3.8) is 0 Å². The topological polar surface area (TPSA) is 57.6 Å². The third-order valence-corrected chi connectivity index (χ3v) is 5.31. The number of nitrogens with zero attached hydrogens (tertiary/aromatic N) is 1. The van der Waals surface area contributed by atoms with Gasteiger partial charge < -0.3 is 5.11 Å². The Balaban J connectivity index is 2.28. The molecule has 1 atom stereocenters. The van der Waals surface area contributed by atoms with E-state index >= 15 is 0 Å². The van der Waals surface area contributed by atoms with Crippen LogP contribution in [0.3, 0.4) is 0 Å². The molecule has 0 saturated carbocycles. The second kappa shape index (κ2) is 5.26. The molecule has 1 N–H and O–H groups in total. The predicted octanol–water partition coefficient (Wildman–Crippen LogP) is 1.59. The second-order valence-corrected chi connectivity index (χ2v) is 7.49. The van der Waals surface area contributed by atoms with Crippen molar-refractivity contribution in [2.45, 2.75) is 30.1 Å². The second-order valence-electron chi connectivity index (χ2n) is 5.41. The van der Waals surface area contributed by atoms with Gasteiger partial charge in [0, 0.05) is 19.6 Å². The average molecular weight is 323 g/mol. The Hall–Kier alpha value is -1.12. The maximum Gasteiger partial charge on any atom is 0.418 e. The predicted molar refractivity (Wildman–Crippen MR) is 70.5 cm³/mol. The van der Waals surface area contributed by atoms with Gasteiger partial charge in [-0.2, -0.15) is 13.2 Å². The van der Waals surface area contributed by atoms with Gasteiger partial charge in [-0.15, -0.1) is 0 Å². The van der Waals surface area contributed by atoms with Crippen LogP contribution in [0.5, 0.6) is 0 Å². The molecule has 1 aliphatic rings. The molecule has 1 heterocycles. The van der Waals surface area contributed by atoms with Crippen molar-refractivity contribution in [1.82, 2.24) is 4.90 Å². The third kappa shape index (κ3) is 3.38. The standard InChI is InChI=1S/C13H16F3NO3S/c1-12(18,13(14,15)16)9-17-6-7-21(19,20)11-5-3-2-4-10(11)8-17/h2-5,18H,6-9H2,1H3. The minimum atomic E-state index is -4.77. The number of hydrogen-bond donors (Lipinski definition) is 1. The van der Waals surface area contributed by atoms with Gasteiger partial charge in [0.2, 0.25) is 0 Å². The quantitative estimate of drug-likeness (QED) is 0.898. The Kier molecular flexibility index (Phi) is 4.07. The first-order valence-electron chi connectivity index (χ1n) is 6.35. The van der Waals surface area contributed by atoms with Gasteiger partial charge in [-0.05, 0) is 18.6 Å². The van der Waals surface area contributed by atoms with Gasteiger partial charge in [0.05, 0.1) is 10.6 Å². The molecule has 0 saturated heterocycles. The van der Waals surface area contributed by atoms with E-state index in [-0.39, 0.29) is 23.7 Å². The number of fused-ring (bicyclic) bond motifs is 1. The molecule has 0 radical (unpaired) electrons. The minimum absolute atomic E-state index is 0.0523. The van der Waals surface area contributed by atoms with Crippen molar-refractivity contribution in [2.75, 3.05) is 18.8 Å². The third-order valence-electron chi connectivity index (χ3n) is 3.52. The van der Waals surface area contributed by atoms with Gasteiger partial charge in [-0.3, -0.25) is 4.90 Å². The highest BCUT2D eigenvalue weighted by molar-refractivity contribution is 7.91. The van der Waals surface area contributed by atoms with Crippen molar-refractivity contribution in [1.29, 1.82) is 0 Å². The normalized spacial score (nSPS) is 22.1. The number of aliphatic hydroxyl groups is 1. The number of alkyl halides is 3. The summed E-state index contributed by atoms with van der Waals surface area (Å²) in [6, 6.07) is 6.25. The summed E-state index contributed by atoms with van der Waals surface area (Å²) < 4.78 is 62.4. The van der Waals surface area contributed by atoms with E-state index in [0.717, 1.165) is 0 Å². The SMILES string of the molecule is CC(O)(CN1CCS(=O)(=O)c2ccccc2C1)C(F)(F)F. The summed E-state index contributed by atoms with van der Waals surface area (Å²) in [5.41, 5.74) is -2.43. The van der Waals surface area contributed by atoms with Gasteiger partial charge in [0.1, 0.15) is 0 Å². The summed E-state index contributed by atoms with van der Waals surface area (Å²) >= 11 is 0. The zero-order chi connectivity index (χ0) is 15.9. The summed E-state index contributed by atoms with van der Waals surface area (Å²) in [6.45, 7) is 0.0313. The number of rotatable bonds is 2. The van der Waals surface area contributed by atoms with Crippen LogP contribution in [0.25, 0.3) is 0 Å². The molecule has 1 aromatic rings. The van der Waals surface area contributed by atoms with E-state index in [4.69, 9.17) is 0 Å². The van der Waals surface area contributed by atoms with Crippen molar-refractivity contribution in [3.05, 3.63) is 29.8 Å². The molecule has 0 spiro atoms. The summed E-state index contributed by atoms with van der Waals surface area (Å²) in [4.78, 5) is 1.47. The van der Waals surface area contributed by atoms with Crippen LogP contribution >= 0.6 is 0 Å². The Morgan fingerprint density at radius 2 is 1.90 bits per heavy atom. The van der Waals surface area contributed by atoms with E-state index in [0.29, 0.717) is 12.5 Å². The molecule has 1 aromatic carbocycles. The highest BCUT2D eigenvalue weighted by Gasteiger charge is 2.50. The van der Waals surface area contributed by atoms with Crippen molar-refractivity contribution in [3.8, 4) is 0 Å². The molecule has 0 fully saturated rings. The Morgan fingerprint density at radius 3 is 2.52 bits per heavy atom. The fraction of sp³-hybridized carbons (Fsp3) is 0.538. The van der Waals surface area contributed by atoms with Crippen LogP contribution in [0.4, 0.5) is 13.2 Å². The van der Waals surface area contributed by atoms with Crippen LogP contribution in [0, 0.1) is 0 Å². The summed E-state index contributed by atoms with van der Waals surface area (Å²) in [6.07, 6.45) is -4.77. The highest BCUT2D eigenvalue weighted by atomic mass is 32.2. The van der Waals surface area contributed by atoms with Crippen LogP contribution in [0.1, 0.15) is 12.5 Å². The van der Waals surface area contributed by atoms with Crippen LogP contribution in [-0.4, -0.2) is 49.0 Å². The molecule has 4 nitrogen and oxygen atoms in total. The van der Waals surface area contributed by atoms with Crippen LogP contribution in [0.15, 0.2) is 29.2 Å². The molecule has 21 heavy (non-hydrogen) atoms. The van der Waals surface area contributed by atoms with Crippen molar-refractivity contribution < 1.29 is 26.7 Å². The molecule has 0 aromatic heterocycles. The van der Waals surface area contributed by atoms with Gasteiger partial charge >= 0.3 is 6.18 Å². The molecule has 2 rings (SSSR count). The highest BCUT2D eigenvalue weighted by Crippen LogP contribution is 2.32. The largest absolute Gasteiger partial charge is 0.418 e.